The van der Waals surface area contributed by atoms with Crippen LogP contribution in [-0.4, -0.2) is 40.6 Å². The smallest absolute Gasteiger partial charge is 0.259 e. The minimum absolute atomic E-state index is 0.116. The molecule has 0 unspecified atom stereocenters. The summed E-state index contributed by atoms with van der Waals surface area (Å²) in [5, 5.41) is 9.92. The summed E-state index contributed by atoms with van der Waals surface area (Å²) in [6, 6.07) is 1.59. The van der Waals surface area contributed by atoms with Crippen LogP contribution in [0.5, 0.6) is 0 Å². The molecule has 0 saturated heterocycles. The Morgan fingerprint density at radius 1 is 1.24 bits per heavy atom. The van der Waals surface area contributed by atoms with Gasteiger partial charge in [-0.3, -0.25) is 9.59 Å². The molecule has 2 amide bonds. The van der Waals surface area contributed by atoms with Crippen LogP contribution in [0.3, 0.4) is 0 Å². The lowest BCUT2D eigenvalue weighted by molar-refractivity contribution is -0.116. The van der Waals surface area contributed by atoms with Crippen LogP contribution >= 0.6 is 0 Å². The van der Waals surface area contributed by atoms with Gasteiger partial charge in [0.25, 0.3) is 5.91 Å². The van der Waals surface area contributed by atoms with Crippen molar-refractivity contribution in [1.82, 2.24) is 15.2 Å². The molecule has 8 heteroatoms. The monoisotopic (exact) mass is 292 g/mol. The third-order valence-electron chi connectivity index (χ3n) is 2.87. The quantitative estimate of drug-likeness (QED) is 0.911. The zero-order valence-electron chi connectivity index (χ0n) is 12.3. The topological polar surface area (TPSA) is 101 Å². The molecule has 0 spiro atoms. The highest BCUT2D eigenvalue weighted by Crippen LogP contribution is 2.14. The van der Waals surface area contributed by atoms with Crippen LogP contribution in [0.25, 0.3) is 0 Å². The lowest BCUT2D eigenvalue weighted by Gasteiger charge is -2.15. The SMILES string of the molecule is Cc1cc(NC(=O)CN(C)C(=O)c2c(C)noc2C)no1. The summed E-state index contributed by atoms with van der Waals surface area (Å²) in [6.07, 6.45) is 0. The van der Waals surface area contributed by atoms with Gasteiger partial charge < -0.3 is 19.3 Å². The summed E-state index contributed by atoms with van der Waals surface area (Å²) in [5.74, 6) is 0.640. The van der Waals surface area contributed by atoms with Crippen molar-refractivity contribution in [3.05, 3.63) is 28.8 Å². The molecule has 0 atom stereocenters. The summed E-state index contributed by atoms with van der Waals surface area (Å²) in [6.45, 7) is 4.93. The minimum atomic E-state index is -0.370. The fourth-order valence-corrected chi connectivity index (χ4v) is 1.87. The summed E-state index contributed by atoms with van der Waals surface area (Å²) < 4.78 is 9.79. The average Bonchev–Trinajstić information content (AvgIpc) is 2.95. The highest BCUT2D eigenvalue weighted by molar-refractivity contribution is 6.00. The number of aryl methyl sites for hydroxylation is 3. The summed E-state index contributed by atoms with van der Waals surface area (Å²) in [5.41, 5.74) is 0.875. The highest BCUT2D eigenvalue weighted by Gasteiger charge is 2.22. The molecule has 112 valence electrons. The van der Waals surface area contributed by atoms with Crippen molar-refractivity contribution in [3.63, 3.8) is 0 Å². The van der Waals surface area contributed by atoms with Crippen molar-refractivity contribution in [2.24, 2.45) is 0 Å². The van der Waals surface area contributed by atoms with Crippen molar-refractivity contribution < 1.29 is 18.6 Å². The number of rotatable bonds is 4. The predicted octanol–water partition coefficient (Wildman–Crippen LogP) is 1.30. The molecular formula is C13H16N4O4. The van der Waals surface area contributed by atoms with Crippen LogP contribution in [0.15, 0.2) is 15.1 Å². The van der Waals surface area contributed by atoms with E-state index >= 15 is 0 Å². The summed E-state index contributed by atoms with van der Waals surface area (Å²) >= 11 is 0. The van der Waals surface area contributed by atoms with E-state index in [1.165, 1.54) is 11.9 Å². The second-order valence-corrected chi connectivity index (χ2v) is 4.73. The van der Waals surface area contributed by atoms with Crippen LogP contribution in [0.4, 0.5) is 5.82 Å². The Balaban J connectivity index is 1.99. The lowest BCUT2D eigenvalue weighted by Crippen LogP contribution is -2.35. The first-order chi connectivity index (χ1) is 9.88. The zero-order valence-corrected chi connectivity index (χ0v) is 12.3. The van der Waals surface area contributed by atoms with E-state index in [2.05, 4.69) is 15.6 Å². The largest absolute Gasteiger partial charge is 0.361 e. The standard InChI is InChI=1S/C13H16N4O4/c1-7-5-10(16-20-7)14-11(18)6-17(4)13(19)12-8(2)15-21-9(12)3/h5H,6H2,1-4H3,(H,14,16,18). The fourth-order valence-electron chi connectivity index (χ4n) is 1.87. The van der Waals surface area contributed by atoms with Gasteiger partial charge in [0.2, 0.25) is 5.91 Å². The second kappa shape index (κ2) is 5.78. The van der Waals surface area contributed by atoms with E-state index in [1.807, 2.05) is 0 Å². The Labute approximate surface area is 121 Å². The number of hydrogen-bond acceptors (Lipinski definition) is 6. The Morgan fingerprint density at radius 2 is 1.95 bits per heavy atom. The Bertz CT molecular complexity index is 654. The van der Waals surface area contributed by atoms with Gasteiger partial charge in [-0.2, -0.15) is 0 Å². The molecule has 0 aliphatic heterocycles. The molecule has 1 N–H and O–H groups in total. The third kappa shape index (κ3) is 3.28. The van der Waals surface area contributed by atoms with Crippen molar-refractivity contribution in [2.75, 3.05) is 18.9 Å². The normalized spacial score (nSPS) is 10.5. The molecular weight excluding hydrogens is 276 g/mol. The van der Waals surface area contributed by atoms with Gasteiger partial charge in [0, 0.05) is 13.1 Å². The van der Waals surface area contributed by atoms with E-state index < -0.39 is 0 Å². The van der Waals surface area contributed by atoms with Crippen molar-refractivity contribution >= 4 is 17.6 Å². The van der Waals surface area contributed by atoms with Gasteiger partial charge in [0.15, 0.2) is 5.82 Å². The number of carbonyl (C=O) groups is 2. The minimum Gasteiger partial charge on any atom is -0.361 e. The first kappa shape index (κ1) is 14.8. The number of anilines is 1. The number of amides is 2. The van der Waals surface area contributed by atoms with Gasteiger partial charge in [0.05, 0.1) is 12.2 Å². The molecule has 0 aliphatic carbocycles. The third-order valence-corrected chi connectivity index (χ3v) is 2.87. The van der Waals surface area contributed by atoms with E-state index in [1.54, 1.807) is 26.8 Å². The molecule has 0 aromatic carbocycles. The summed E-state index contributed by atoms with van der Waals surface area (Å²) in [4.78, 5) is 25.4. The van der Waals surface area contributed by atoms with E-state index in [0.717, 1.165) is 0 Å². The molecule has 21 heavy (non-hydrogen) atoms. The number of nitrogens with zero attached hydrogens (tertiary/aromatic N) is 3. The Morgan fingerprint density at radius 3 is 2.48 bits per heavy atom. The van der Waals surface area contributed by atoms with Crippen molar-refractivity contribution in [3.8, 4) is 0 Å². The van der Waals surface area contributed by atoms with Gasteiger partial charge in [-0.05, 0) is 20.8 Å². The highest BCUT2D eigenvalue weighted by atomic mass is 16.5. The molecule has 0 aliphatic rings. The van der Waals surface area contributed by atoms with E-state index in [4.69, 9.17) is 9.05 Å². The number of likely N-dealkylation sites (N-methyl/N-ethyl adjacent to an activating group) is 1. The maximum Gasteiger partial charge on any atom is 0.259 e. The van der Waals surface area contributed by atoms with Gasteiger partial charge in [-0.25, -0.2) is 0 Å². The second-order valence-electron chi connectivity index (χ2n) is 4.73. The Hall–Kier alpha value is -2.64. The first-order valence-electron chi connectivity index (χ1n) is 6.30. The molecule has 2 heterocycles. The number of carbonyl (C=O) groups excluding carboxylic acids is 2. The first-order valence-corrected chi connectivity index (χ1v) is 6.30. The molecule has 0 fully saturated rings. The number of nitrogens with one attached hydrogen (secondary N) is 1. The van der Waals surface area contributed by atoms with Crippen LogP contribution in [0.1, 0.15) is 27.6 Å². The van der Waals surface area contributed by atoms with Crippen molar-refractivity contribution in [1.29, 1.82) is 0 Å². The zero-order chi connectivity index (χ0) is 15.6. The average molecular weight is 292 g/mol. The van der Waals surface area contributed by atoms with Crippen LogP contribution < -0.4 is 5.32 Å². The molecule has 2 rings (SSSR count). The van der Waals surface area contributed by atoms with Gasteiger partial charge in [-0.15, -0.1) is 0 Å². The van der Waals surface area contributed by atoms with Gasteiger partial charge in [-0.1, -0.05) is 10.3 Å². The van der Waals surface area contributed by atoms with Gasteiger partial charge in [0.1, 0.15) is 17.1 Å². The van der Waals surface area contributed by atoms with E-state index in [0.29, 0.717) is 28.6 Å². The van der Waals surface area contributed by atoms with Gasteiger partial charge >= 0.3 is 0 Å². The molecule has 2 aromatic rings. The Kier molecular flexibility index (Phi) is 4.06. The lowest BCUT2D eigenvalue weighted by atomic mass is 10.2. The molecule has 2 aromatic heterocycles. The van der Waals surface area contributed by atoms with E-state index in [-0.39, 0.29) is 18.4 Å². The maximum atomic E-state index is 12.3. The van der Waals surface area contributed by atoms with Crippen LogP contribution in [-0.2, 0) is 4.79 Å². The molecule has 0 bridgehead atoms. The van der Waals surface area contributed by atoms with Crippen LogP contribution in [0.2, 0.25) is 0 Å². The number of aromatic nitrogens is 2. The fraction of sp³-hybridized carbons (Fsp3) is 0.385. The predicted molar refractivity (Wildman–Crippen MR) is 72.8 cm³/mol. The molecule has 0 radical (unpaired) electrons. The van der Waals surface area contributed by atoms with E-state index in [9.17, 15) is 9.59 Å². The number of hydrogen-bond donors (Lipinski definition) is 1. The molecule has 8 nitrogen and oxygen atoms in total. The summed E-state index contributed by atoms with van der Waals surface area (Å²) in [7, 11) is 1.53. The van der Waals surface area contributed by atoms with Crippen LogP contribution in [0, 0.1) is 20.8 Å². The maximum absolute atomic E-state index is 12.3. The van der Waals surface area contributed by atoms with Crippen molar-refractivity contribution in [2.45, 2.75) is 20.8 Å². The molecule has 0 saturated carbocycles.